The van der Waals surface area contributed by atoms with E-state index in [9.17, 15) is 8.42 Å². The van der Waals surface area contributed by atoms with Gasteiger partial charge in [0.25, 0.3) is 0 Å². The molecule has 0 N–H and O–H groups in total. The Morgan fingerprint density at radius 2 is 1.89 bits per heavy atom. The maximum Gasteiger partial charge on any atom is 0.244 e. The highest BCUT2D eigenvalue weighted by Crippen LogP contribution is 2.31. The smallest absolute Gasteiger partial charge is 0.207 e. The van der Waals surface area contributed by atoms with Crippen LogP contribution in [0.15, 0.2) is 17.0 Å². The normalized spacial score (nSPS) is 12.1. The predicted octanol–water partition coefficient (Wildman–Crippen LogP) is 3.76. The quantitative estimate of drug-likeness (QED) is 0.771. The molecule has 0 radical (unpaired) electrons. The lowest BCUT2D eigenvalue weighted by Crippen LogP contribution is -2.28. The first-order chi connectivity index (χ1) is 8.34. The first kappa shape index (κ1) is 16.1. The molecule has 1 aromatic carbocycles. The Bertz CT molecular complexity index is 531. The molecule has 0 amide bonds. The Hall–Kier alpha value is -0.000000000000000111. The van der Waals surface area contributed by atoms with Gasteiger partial charge >= 0.3 is 0 Å². The van der Waals surface area contributed by atoms with Crippen LogP contribution in [0.25, 0.3) is 0 Å². The van der Waals surface area contributed by atoms with E-state index in [4.69, 9.17) is 34.8 Å². The molecule has 3 nitrogen and oxygen atoms in total. The second-order valence-corrected chi connectivity index (χ2v) is 6.93. The van der Waals surface area contributed by atoms with Gasteiger partial charge < -0.3 is 0 Å². The minimum atomic E-state index is -3.63. The second-order valence-electron chi connectivity index (χ2n) is 3.84. The summed E-state index contributed by atoms with van der Waals surface area (Å²) >= 11 is 17.7. The van der Waals surface area contributed by atoms with Crippen LogP contribution in [0.5, 0.6) is 0 Å². The molecule has 0 aliphatic carbocycles. The summed E-state index contributed by atoms with van der Waals surface area (Å²) in [5, 5.41) is 0.441. The molecular weight excluding hydrogens is 317 g/mol. The average Bonchev–Trinajstić information content (AvgIpc) is 2.31. The summed E-state index contributed by atoms with van der Waals surface area (Å²) in [6, 6.07) is 2.91. The van der Waals surface area contributed by atoms with Crippen molar-refractivity contribution in [1.82, 2.24) is 4.31 Å². The molecule has 0 atom stereocenters. The molecule has 0 saturated carbocycles. The molecule has 7 heteroatoms. The van der Waals surface area contributed by atoms with Crippen LogP contribution >= 0.6 is 34.8 Å². The van der Waals surface area contributed by atoms with Gasteiger partial charge in [0.15, 0.2) is 0 Å². The molecule has 102 valence electrons. The van der Waals surface area contributed by atoms with Gasteiger partial charge in [-0.2, -0.15) is 0 Å². The number of halogens is 3. The summed E-state index contributed by atoms with van der Waals surface area (Å²) in [5.74, 6) is 0.111. The molecular formula is C11H14Cl3NO2S. The zero-order valence-corrected chi connectivity index (χ0v) is 13.2. The predicted molar refractivity (Wildman–Crippen MR) is 76.1 cm³/mol. The summed E-state index contributed by atoms with van der Waals surface area (Å²) in [6.45, 7) is 2.32. The first-order valence-electron chi connectivity index (χ1n) is 5.34. The molecule has 1 rings (SSSR count). The molecule has 0 aliphatic heterocycles. The van der Waals surface area contributed by atoms with Gasteiger partial charge in [0.05, 0.1) is 5.02 Å². The van der Waals surface area contributed by atoms with Gasteiger partial charge in [0.2, 0.25) is 10.0 Å². The van der Waals surface area contributed by atoms with Gasteiger partial charge in [0, 0.05) is 24.5 Å². The highest BCUT2D eigenvalue weighted by Gasteiger charge is 2.25. The first-order valence-corrected chi connectivity index (χ1v) is 8.07. The lowest BCUT2D eigenvalue weighted by Gasteiger charge is -2.18. The van der Waals surface area contributed by atoms with Crippen LogP contribution in [0.1, 0.15) is 18.9 Å². The summed E-state index contributed by atoms with van der Waals surface area (Å²) in [6.07, 6.45) is 0.719. The van der Waals surface area contributed by atoms with Gasteiger partial charge in [-0.1, -0.05) is 30.1 Å². The topological polar surface area (TPSA) is 37.4 Å². The third-order valence-corrected chi connectivity index (χ3v) is 5.40. The van der Waals surface area contributed by atoms with Crippen molar-refractivity contribution in [2.24, 2.45) is 0 Å². The van der Waals surface area contributed by atoms with Gasteiger partial charge in [-0.15, -0.1) is 11.6 Å². The molecule has 18 heavy (non-hydrogen) atoms. The molecule has 0 unspecified atom stereocenters. The Kier molecular flexibility index (Phi) is 5.74. The number of rotatable bonds is 5. The van der Waals surface area contributed by atoms with Crippen LogP contribution < -0.4 is 0 Å². The SMILES string of the molecule is CCCN(C)S(=O)(=O)c1cc(Cl)cc(CCl)c1Cl. The van der Waals surface area contributed by atoms with E-state index in [1.807, 2.05) is 6.92 Å². The second kappa shape index (κ2) is 6.44. The Labute approximate surface area is 123 Å². The number of benzene rings is 1. The molecule has 0 aliphatic rings. The molecule has 0 saturated heterocycles. The third kappa shape index (κ3) is 3.31. The van der Waals surface area contributed by atoms with Crippen molar-refractivity contribution >= 4 is 44.8 Å². The zero-order chi connectivity index (χ0) is 13.9. The molecule has 1 aromatic rings. The number of sulfonamides is 1. The van der Waals surface area contributed by atoms with Gasteiger partial charge in [-0.05, 0) is 24.1 Å². The van der Waals surface area contributed by atoms with Crippen molar-refractivity contribution in [3.8, 4) is 0 Å². The van der Waals surface area contributed by atoms with Gasteiger partial charge in [-0.25, -0.2) is 12.7 Å². The minimum Gasteiger partial charge on any atom is -0.207 e. The van der Waals surface area contributed by atoms with Crippen LogP contribution in [0, 0.1) is 0 Å². The van der Waals surface area contributed by atoms with Crippen LogP contribution in [0.2, 0.25) is 10.0 Å². The van der Waals surface area contributed by atoms with E-state index in [2.05, 4.69) is 0 Å². The van der Waals surface area contributed by atoms with E-state index in [0.29, 0.717) is 17.1 Å². The van der Waals surface area contributed by atoms with Crippen LogP contribution in [-0.2, 0) is 15.9 Å². The molecule has 0 spiro atoms. The molecule has 0 aromatic heterocycles. The Morgan fingerprint density at radius 1 is 1.28 bits per heavy atom. The monoisotopic (exact) mass is 329 g/mol. The van der Waals surface area contributed by atoms with Gasteiger partial charge in [0.1, 0.15) is 4.90 Å². The molecule has 0 fully saturated rings. The maximum absolute atomic E-state index is 12.3. The Balaban J connectivity index is 3.37. The fourth-order valence-corrected chi connectivity index (χ4v) is 3.95. The van der Waals surface area contributed by atoms with E-state index in [1.54, 1.807) is 6.07 Å². The van der Waals surface area contributed by atoms with E-state index < -0.39 is 10.0 Å². The highest BCUT2D eigenvalue weighted by atomic mass is 35.5. The minimum absolute atomic E-state index is 0.00302. The number of alkyl halides is 1. The van der Waals surface area contributed by atoms with Crippen LogP contribution in [0.3, 0.4) is 0 Å². The van der Waals surface area contributed by atoms with E-state index in [0.717, 1.165) is 6.42 Å². The molecule has 0 bridgehead atoms. The zero-order valence-electron chi connectivity index (χ0n) is 10.1. The van der Waals surface area contributed by atoms with Crippen molar-refractivity contribution in [3.63, 3.8) is 0 Å². The number of hydrogen-bond donors (Lipinski definition) is 0. The van der Waals surface area contributed by atoms with Gasteiger partial charge in [-0.3, -0.25) is 0 Å². The fraction of sp³-hybridized carbons (Fsp3) is 0.455. The summed E-state index contributed by atoms with van der Waals surface area (Å²) in [7, 11) is -2.12. The average molecular weight is 331 g/mol. The highest BCUT2D eigenvalue weighted by molar-refractivity contribution is 7.89. The van der Waals surface area contributed by atoms with E-state index in [-0.39, 0.29) is 15.8 Å². The summed E-state index contributed by atoms with van der Waals surface area (Å²) < 4.78 is 25.9. The van der Waals surface area contributed by atoms with E-state index >= 15 is 0 Å². The largest absolute Gasteiger partial charge is 0.244 e. The molecule has 0 heterocycles. The van der Waals surface area contributed by atoms with Crippen molar-refractivity contribution in [2.75, 3.05) is 13.6 Å². The maximum atomic E-state index is 12.3. The fourth-order valence-electron chi connectivity index (χ4n) is 1.51. The van der Waals surface area contributed by atoms with Crippen LogP contribution in [0.4, 0.5) is 0 Å². The standard InChI is InChI=1S/C11H14Cl3NO2S/c1-3-4-15(2)18(16,17)10-6-9(13)5-8(7-12)11(10)14/h5-6H,3-4,7H2,1-2H3. The van der Waals surface area contributed by atoms with Crippen LogP contribution in [-0.4, -0.2) is 26.3 Å². The number of nitrogens with zero attached hydrogens (tertiary/aromatic N) is 1. The summed E-state index contributed by atoms with van der Waals surface area (Å²) in [4.78, 5) is 0.00302. The van der Waals surface area contributed by atoms with Crippen molar-refractivity contribution in [1.29, 1.82) is 0 Å². The number of hydrogen-bond acceptors (Lipinski definition) is 2. The van der Waals surface area contributed by atoms with Crippen molar-refractivity contribution < 1.29 is 8.42 Å². The summed E-state index contributed by atoms with van der Waals surface area (Å²) in [5.41, 5.74) is 0.509. The van der Waals surface area contributed by atoms with E-state index in [1.165, 1.54) is 17.4 Å². The third-order valence-electron chi connectivity index (χ3n) is 2.45. The lowest BCUT2D eigenvalue weighted by molar-refractivity contribution is 0.468. The van der Waals surface area contributed by atoms with Crippen molar-refractivity contribution in [2.45, 2.75) is 24.1 Å². The van der Waals surface area contributed by atoms with Crippen molar-refractivity contribution in [3.05, 3.63) is 27.7 Å². The lowest BCUT2D eigenvalue weighted by atomic mass is 10.2. The Morgan fingerprint density at radius 3 is 2.39 bits per heavy atom.